The molecule has 7 heteroatoms. The molecule has 1 aromatic carbocycles. The van der Waals surface area contributed by atoms with Gasteiger partial charge in [-0.1, -0.05) is 24.3 Å². The highest BCUT2D eigenvalue weighted by Gasteiger charge is 2.43. The molecule has 2 atom stereocenters. The average Bonchev–Trinajstić information content (AvgIpc) is 2.67. The van der Waals surface area contributed by atoms with E-state index in [1.807, 2.05) is 19.0 Å². The Kier molecular flexibility index (Phi) is 7.84. The summed E-state index contributed by atoms with van der Waals surface area (Å²) >= 11 is 0. The van der Waals surface area contributed by atoms with Crippen LogP contribution >= 0.6 is 0 Å². The van der Waals surface area contributed by atoms with Gasteiger partial charge in [-0.05, 0) is 40.4 Å². The van der Waals surface area contributed by atoms with Crippen molar-refractivity contribution in [1.82, 2.24) is 4.90 Å². The van der Waals surface area contributed by atoms with Crippen molar-refractivity contribution in [2.75, 3.05) is 33.9 Å². The third kappa shape index (κ3) is 4.98. The predicted octanol–water partition coefficient (Wildman–Crippen LogP) is 2.62. The fourth-order valence-electron chi connectivity index (χ4n) is 3.58. The van der Waals surface area contributed by atoms with Crippen molar-refractivity contribution >= 4 is 23.9 Å². The molecule has 7 nitrogen and oxygen atoms in total. The van der Waals surface area contributed by atoms with Crippen molar-refractivity contribution in [3.05, 3.63) is 46.7 Å². The third-order valence-corrected chi connectivity index (χ3v) is 4.68. The number of aliphatic imine (C=N–C) groups is 1. The summed E-state index contributed by atoms with van der Waals surface area (Å²) in [6, 6.07) is 6.94. The van der Waals surface area contributed by atoms with E-state index < -0.39 is 23.8 Å². The van der Waals surface area contributed by atoms with Gasteiger partial charge in [-0.2, -0.15) is 0 Å². The minimum Gasteiger partial charge on any atom is -0.465 e. The maximum atomic E-state index is 13.0. The molecule has 0 saturated heterocycles. The van der Waals surface area contributed by atoms with Gasteiger partial charge in [0.25, 0.3) is 0 Å². The maximum absolute atomic E-state index is 13.0. The monoisotopic (exact) mass is 400 g/mol. The number of benzene rings is 1. The van der Waals surface area contributed by atoms with Crippen molar-refractivity contribution in [3.63, 3.8) is 0 Å². The van der Waals surface area contributed by atoms with Gasteiger partial charge in [0.1, 0.15) is 12.2 Å². The van der Waals surface area contributed by atoms with Gasteiger partial charge in [0.2, 0.25) is 0 Å². The van der Waals surface area contributed by atoms with E-state index in [1.54, 1.807) is 45.0 Å². The van der Waals surface area contributed by atoms with E-state index >= 15 is 0 Å². The van der Waals surface area contributed by atoms with Crippen molar-refractivity contribution in [1.29, 1.82) is 0 Å². The second kappa shape index (κ2) is 10.1. The molecule has 156 valence electrons. The molecule has 0 amide bonds. The van der Waals surface area contributed by atoms with Crippen molar-refractivity contribution in [2.45, 2.75) is 26.7 Å². The van der Waals surface area contributed by atoms with Crippen LogP contribution < -0.4 is 0 Å². The molecule has 0 spiro atoms. The molecule has 0 N–H and O–H groups in total. The Labute approximate surface area is 171 Å². The van der Waals surface area contributed by atoms with Crippen molar-refractivity contribution in [3.8, 4) is 0 Å². The van der Waals surface area contributed by atoms with Crippen LogP contribution in [0.4, 0.5) is 0 Å². The van der Waals surface area contributed by atoms with Crippen LogP contribution in [0.5, 0.6) is 0 Å². The number of esters is 2. The van der Waals surface area contributed by atoms with E-state index in [9.17, 15) is 14.4 Å². The molecule has 29 heavy (non-hydrogen) atoms. The second-order valence-corrected chi connectivity index (χ2v) is 7.03. The minimum absolute atomic E-state index is 0.187. The second-order valence-electron chi connectivity index (χ2n) is 7.03. The highest BCUT2D eigenvalue weighted by atomic mass is 16.5. The van der Waals surface area contributed by atoms with Crippen LogP contribution in [-0.4, -0.2) is 62.7 Å². The Hall–Kier alpha value is -2.80. The lowest BCUT2D eigenvalue weighted by molar-refractivity contribution is -0.146. The first-order chi connectivity index (χ1) is 13.8. The normalized spacial score (nSPS) is 19.0. The lowest BCUT2D eigenvalue weighted by Gasteiger charge is -2.33. The van der Waals surface area contributed by atoms with Crippen LogP contribution in [0.3, 0.4) is 0 Å². The smallest absolute Gasteiger partial charge is 0.336 e. The molecule has 0 saturated carbocycles. The minimum atomic E-state index is -0.818. The summed E-state index contributed by atoms with van der Waals surface area (Å²) < 4.78 is 10.6. The van der Waals surface area contributed by atoms with Gasteiger partial charge in [-0.25, -0.2) is 4.79 Å². The first-order valence-electron chi connectivity index (χ1n) is 9.66. The number of likely N-dealkylation sites (N-methyl/N-ethyl adjacent to an activating group) is 1. The molecule has 1 aromatic rings. The van der Waals surface area contributed by atoms with E-state index in [2.05, 4.69) is 4.99 Å². The molecule has 0 aliphatic carbocycles. The zero-order chi connectivity index (χ0) is 21.6. The number of hydrogen-bond acceptors (Lipinski definition) is 7. The molecule has 1 heterocycles. The molecule has 1 aliphatic rings. The Bertz CT molecular complexity index is 841. The molecule has 0 fully saturated rings. The largest absolute Gasteiger partial charge is 0.465 e. The molecule has 2 unspecified atom stereocenters. The zero-order valence-corrected chi connectivity index (χ0v) is 17.6. The third-order valence-electron chi connectivity index (χ3n) is 4.68. The zero-order valence-electron chi connectivity index (χ0n) is 17.6. The molecule has 0 aromatic heterocycles. The van der Waals surface area contributed by atoms with E-state index in [1.165, 1.54) is 0 Å². The summed E-state index contributed by atoms with van der Waals surface area (Å²) in [7, 11) is 3.73. The summed E-state index contributed by atoms with van der Waals surface area (Å²) in [5, 5.41) is 0. The van der Waals surface area contributed by atoms with Gasteiger partial charge in [0.05, 0.1) is 24.5 Å². The van der Waals surface area contributed by atoms with Gasteiger partial charge in [0.15, 0.2) is 0 Å². The fraction of sp³-hybridized carbons (Fsp3) is 0.455. The van der Waals surface area contributed by atoms with Gasteiger partial charge in [-0.15, -0.1) is 0 Å². The number of carbonyl (C=O) groups excluding carboxylic acids is 3. The lowest BCUT2D eigenvalue weighted by Crippen LogP contribution is -2.38. The molecular weight excluding hydrogens is 372 g/mol. The summed E-state index contributed by atoms with van der Waals surface area (Å²) in [6.07, 6.45) is 0.729. The number of ether oxygens (including phenoxy) is 2. The number of hydrogen-bond donors (Lipinski definition) is 0. The molecular formula is C22H28N2O5. The summed E-state index contributed by atoms with van der Waals surface area (Å²) in [6.45, 7) is 5.97. The van der Waals surface area contributed by atoms with E-state index in [0.717, 1.165) is 6.29 Å². The van der Waals surface area contributed by atoms with Crippen molar-refractivity contribution in [2.24, 2.45) is 10.9 Å². The van der Waals surface area contributed by atoms with Gasteiger partial charge in [-0.3, -0.25) is 14.6 Å². The van der Waals surface area contributed by atoms with Crippen LogP contribution in [0.25, 0.3) is 0 Å². The average molecular weight is 400 g/mol. The first-order valence-corrected chi connectivity index (χ1v) is 9.66. The highest BCUT2D eigenvalue weighted by molar-refractivity contribution is 6.07. The van der Waals surface area contributed by atoms with Gasteiger partial charge >= 0.3 is 11.9 Å². The Morgan fingerprint density at radius 3 is 2.38 bits per heavy atom. The van der Waals surface area contributed by atoms with Gasteiger partial charge < -0.3 is 14.4 Å². The first kappa shape index (κ1) is 22.5. The molecule has 1 aliphatic heterocycles. The number of carbonyl (C=O) groups is 3. The van der Waals surface area contributed by atoms with E-state index in [0.29, 0.717) is 34.7 Å². The van der Waals surface area contributed by atoms with Crippen LogP contribution in [-0.2, 0) is 19.1 Å². The van der Waals surface area contributed by atoms with Crippen LogP contribution in [0.15, 0.2) is 40.5 Å². The topological polar surface area (TPSA) is 85.3 Å². The quantitative estimate of drug-likeness (QED) is 0.493. The van der Waals surface area contributed by atoms with Gasteiger partial charge in [0, 0.05) is 23.7 Å². The molecule has 2 rings (SSSR count). The molecule has 0 bridgehead atoms. The van der Waals surface area contributed by atoms with E-state index in [4.69, 9.17) is 9.47 Å². The van der Waals surface area contributed by atoms with Crippen LogP contribution in [0.2, 0.25) is 0 Å². The van der Waals surface area contributed by atoms with E-state index in [-0.39, 0.29) is 13.2 Å². The SMILES string of the molecule is CCOC(=O)C1=C(CN(C)C)N=C(C)C(C(=O)OCC)C1c1ccccc1C=O. The van der Waals surface area contributed by atoms with Crippen LogP contribution in [0.1, 0.15) is 42.6 Å². The Morgan fingerprint density at radius 1 is 1.14 bits per heavy atom. The summed E-state index contributed by atoms with van der Waals surface area (Å²) in [5.74, 6) is -2.56. The number of aldehydes is 1. The Morgan fingerprint density at radius 2 is 1.79 bits per heavy atom. The van der Waals surface area contributed by atoms with Crippen LogP contribution in [0, 0.1) is 5.92 Å². The fourth-order valence-corrected chi connectivity index (χ4v) is 3.58. The lowest BCUT2D eigenvalue weighted by atomic mass is 9.74. The van der Waals surface area contributed by atoms with Crippen molar-refractivity contribution < 1.29 is 23.9 Å². The number of nitrogens with zero attached hydrogens (tertiary/aromatic N) is 2. The molecule has 0 radical (unpaired) electrons. The standard InChI is InChI=1S/C22H28N2O5/c1-6-28-21(26)18-14(3)23-17(12-24(4)5)20(22(27)29-7-2)19(18)16-11-9-8-10-15(16)13-25/h8-11,13,18-19H,6-7,12H2,1-5H3. The maximum Gasteiger partial charge on any atom is 0.336 e. The summed E-state index contributed by atoms with van der Waals surface area (Å²) in [5.41, 5.74) is 2.34. The Balaban J connectivity index is 2.78. The number of rotatable bonds is 8. The summed E-state index contributed by atoms with van der Waals surface area (Å²) in [4.78, 5) is 44.1. The highest BCUT2D eigenvalue weighted by Crippen LogP contribution is 2.41. The predicted molar refractivity (Wildman–Crippen MR) is 110 cm³/mol.